The number of anilines is 1. The third kappa shape index (κ3) is 24.2. The van der Waals surface area contributed by atoms with E-state index in [2.05, 4.69) is 26.6 Å². The molecule has 0 radical (unpaired) electrons. The second-order valence-corrected chi connectivity index (χ2v) is 28.6. The summed E-state index contributed by atoms with van der Waals surface area (Å²) < 4.78 is 75.1. The average Bonchev–Trinajstić information content (AvgIpc) is 1.04. The van der Waals surface area contributed by atoms with Crippen molar-refractivity contribution in [1.82, 2.24) is 36.0 Å². The number of aromatic nitrogens is 1. The molecule has 4 aromatic rings. The quantitative estimate of drug-likeness (QED) is 0.00461. The van der Waals surface area contributed by atoms with Gasteiger partial charge in [-0.25, -0.2) is 27.3 Å². The Hall–Kier alpha value is -8.69. The Bertz CT molecular complexity index is 3530. The van der Waals surface area contributed by atoms with Crippen LogP contribution in [-0.2, 0) is 67.3 Å². The fourth-order valence-corrected chi connectivity index (χ4v) is 13.6. The molecule has 7 N–H and O–H groups in total. The summed E-state index contributed by atoms with van der Waals surface area (Å²) in [5.41, 5.74) is 6.14. The smallest absolute Gasteiger partial charge is 0.344 e. The number of carbonyl (C=O) groups is 10. The summed E-state index contributed by atoms with van der Waals surface area (Å²) in [6.45, 7) is 18.7. The van der Waals surface area contributed by atoms with Crippen LogP contribution in [0.1, 0.15) is 154 Å². The van der Waals surface area contributed by atoms with Crippen LogP contribution in [0.5, 0.6) is 5.75 Å². The molecule has 1 aliphatic heterocycles. The van der Waals surface area contributed by atoms with Gasteiger partial charge in [-0.05, 0) is 100 Å². The summed E-state index contributed by atoms with van der Waals surface area (Å²) in [5, 5.41) is 14.2. The number of Topliss-reactive ketones (excluding diaryl/α,β-unsaturated/α-hetero) is 2. The number of halogens is 4. The Kier molecular flexibility index (Phi) is 34.0. The fraction of sp³-hybridized carbons (Fsp3) is 0.571. The molecule has 0 unspecified atom stereocenters. The van der Waals surface area contributed by atoms with Crippen molar-refractivity contribution in [2.45, 2.75) is 195 Å². The van der Waals surface area contributed by atoms with Gasteiger partial charge in [0.25, 0.3) is 0 Å². The van der Waals surface area contributed by atoms with Gasteiger partial charge >= 0.3 is 12.0 Å². The molecule has 27 heteroatoms. The number of carbonyl (C=O) groups excluding carboxylic acids is 10. The van der Waals surface area contributed by atoms with Crippen LogP contribution in [0.4, 0.5) is 28.0 Å². The minimum atomic E-state index is -1.99. The van der Waals surface area contributed by atoms with Gasteiger partial charge in [0.15, 0.2) is 35.6 Å². The van der Waals surface area contributed by atoms with Crippen LogP contribution in [-0.4, -0.2) is 165 Å². The largest absolute Gasteiger partial charge is 0.416 e. The van der Waals surface area contributed by atoms with Crippen LogP contribution in [0.25, 0.3) is 0 Å². The van der Waals surface area contributed by atoms with E-state index < -0.39 is 130 Å². The molecule has 1 fully saturated rings. The topological polar surface area (TPSA) is 298 Å². The zero-order chi connectivity index (χ0) is 77.4. The standard InChI is InChI=1S/C77H108F4N10O13/c1-16-47(8)69(89(13)75(99)67(45(4)5)87-74(98)68(46(6)7)88(11)12)59(102-14)42-61(95)91-36-21-26-56(91)70(103-15)48(9)57(92)41-54(39-50-23-18-17-19-24-50)72(96)84-43-51-28-30-55(31-29-51)85-73(97)53(25-20-34-83-77(82)101)40-58(93)66(44(2)3)86-60(94)27-22-35-90-37-32-52(33-38-90)76(100)104-71-63(79)49(10)62(78)64(80)65(71)81/h17-19,23-24,28-33,37-38,44-48,53-54,56,59,66-70H,16,20-22,25-27,34-36,39-43H2,1-15H3,(H6-,82,83,84,85,86,87,94,96,97,98,101)/p+1/t47-,48-,53+,54+,56-,59+,66-,67-,68-,69-,70+/m0/s1. The molecule has 572 valence electrons. The summed E-state index contributed by atoms with van der Waals surface area (Å²) in [6.07, 6.45) is 3.73. The minimum absolute atomic E-state index is 0.0132. The van der Waals surface area contributed by atoms with E-state index in [9.17, 15) is 65.5 Å². The van der Waals surface area contributed by atoms with Crippen LogP contribution in [0.2, 0.25) is 0 Å². The molecule has 0 saturated carbocycles. The Morgan fingerprint density at radius 2 is 1.32 bits per heavy atom. The second kappa shape index (κ2) is 41.1. The van der Waals surface area contributed by atoms with Crippen LogP contribution in [0, 0.1) is 71.6 Å². The molecule has 8 amide bonds. The number of amides is 8. The fourth-order valence-electron chi connectivity index (χ4n) is 13.6. The van der Waals surface area contributed by atoms with Crippen molar-refractivity contribution in [3.63, 3.8) is 0 Å². The first-order chi connectivity index (χ1) is 49.1. The van der Waals surface area contributed by atoms with Crippen molar-refractivity contribution >= 4 is 64.7 Å². The van der Waals surface area contributed by atoms with E-state index >= 15 is 0 Å². The van der Waals surface area contributed by atoms with Gasteiger partial charge in [0.1, 0.15) is 18.4 Å². The predicted molar refractivity (Wildman–Crippen MR) is 384 cm³/mol. The number of urea groups is 1. The number of hydrogen-bond donors (Lipinski definition) is 6. The van der Waals surface area contributed by atoms with E-state index in [0.717, 1.165) is 12.5 Å². The number of ether oxygens (including phenoxy) is 3. The van der Waals surface area contributed by atoms with Crippen LogP contribution >= 0.6 is 0 Å². The minimum Gasteiger partial charge on any atom is -0.416 e. The van der Waals surface area contributed by atoms with Gasteiger partial charge < -0.3 is 56.3 Å². The lowest BCUT2D eigenvalue weighted by Gasteiger charge is -2.41. The van der Waals surface area contributed by atoms with Crippen molar-refractivity contribution in [1.29, 1.82) is 0 Å². The SMILES string of the molecule is CC[C@H](C)[C@@H]([C@@H](CC(=O)N1CCC[C@H]1[C@H](OC)[C@@H](C)C(=O)C[C@@H](Cc1ccccc1)C(=O)NCc1ccc(NC(=O)[C@H](CCCNC(N)=O)CC(=O)[C@@H](NC(=O)CCC[n+]2ccc(C(=O)Oc3c(F)c(C)c(F)c(F)c3F)cc2)C(C)C)cc1)OC)N(C)C(=O)[C@@H](NC(=O)[C@H](C(C)C)N(C)C)C(C)C. The van der Waals surface area contributed by atoms with Crippen molar-refractivity contribution in [3.05, 3.63) is 125 Å². The number of likely N-dealkylation sites (tertiary alicyclic amines) is 1. The van der Waals surface area contributed by atoms with E-state index in [-0.39, 0.29) is 124 Å². The highest BCUT2D eigenvalue weighted by molar-refractivity contribution is 5.98. The number of aryl methyl sites for hydroxylation is 1. The Morgan fingerprint density at radius 3 is 1.89 bits per heavy atom. The lowest BCUT2D eigenvalue weighted by Crippen LogP contribution is -2.59. The molecule has 0 aliphatic carbocycles. The molecule has 5 rings (SSSR count). The summed E-state index contributed by atoms with van der Waals surface area (Å²) in [4.78, 5) is 143. The van der Waals surface area contributed by atoms with E-state index in [1.165, 1.54) is 38.7 Å². The number of benzene rings is 3. The number of ketones is 2. The Labute approximate surface area is 609 Å². The first-order valence-electron chi connectivity index (χ1n) is 35.9. The number of nitrogens with two attached hydrogens (primary N) is 1. The summed E-state index contributed by atoms with van der Waals surface area (Å²) in [6, 6.07) is 14.5. The maximum atomic E-state index is 14.7. The predicted octanol–water partition coefficient (Wildman–Crippen LogP) is 8.72. The van der Waals surface area contributed by atoms with Crippen molar-refractivity contribution in [2.75, 3.05) is 53.8 Å². The first-order valence-corrected chi connectivity index (χ1v) is 35.9. The summed E-state index contributed by atoms with van der Waals surface area (Å²) in [5.74, 6) is -15.9. The maximum Gasteiger partial charge on any atom is 0.344 e. The zero-order valence-electron chi connectivity index (χ0n) is 62.9. The van der Waals surface area contributed by atoms with Gasteiger partial charge in [0, 0.05) is 108 Å². The number of methoxy groups -OCH3 is 2. The van der Waals surface area contributed by atoms with E-state index in [0.29, 0.717) is 37.1 Å². The van der Waals surface area contributed by atoms with Gasteiger partial charge in [-0.15, -0.1) is 0 Å². The van der Waals surface area contributed by atoms with E-state index in [4.69, 9.17) is 19.9 Å². The monoisotopic (exact) mass is 1460 g/mol. The van der Waals surface area contributed by atoms with Gasteiger partial charge in [0.2, 0.25) is 47.0 Å². The third-order valence-corrected chi connectivity index (χ3v) is 19.6. The average molecular weight is 1460 g/mol. The number of nitrogens with one attached hydrogen (secondary N) is 5. The Balaban J connectivity index is 1.20. The van der Waals surface area contributed by atoms with Crippen LogP contribution in [0.15, 0.2) is 79.1 Å². The molecule has 11 atom stereocenters. The second-order valence-electron chi connectivity index (χ2n) is 28.6. The number of pyridine rings is 1. The zero-order valence-corrected chi connectivity index (χ0v) is 62.9. The molecule has 0 spiro atoms. The molecule has 104 heavy (non-hydrogen) atoms. The first kappa shape index (κ1) is 86.0. The molecular weight excluding hydrogens is 1350 g/mol. The number of likely N-dealkylation sites (N-methyl/N-ethyl adjacent to an activating group) is 2. The molecular formula is C77H109F4N10O13+. The highest BCUT2D eigenvalue weighted by Crippen LogP contribution is 2.33. The molecule has 1 saturated heterocycles. The molecule has 1 aromatic heterocycles. The number of primary amides is 1. The number of esters is 1. The van der Waals surface area contributed by atoms with Crippen LogP contribution < -0.4 is 41.6 Å². The van der Waals surface area contributed by atoms with E-state index in [1.54, 1.807) is 66.5 Å². The lowest BCUT2D eigenvalue weighted by atomic mass is 9.85. The maximum absolute atomic E-state index is 14.7. The molecule has 2 heterocycles. The normalized spacial score (nSPS) is 16.0. The highest BCUT2D eigenvalue weighted by Gasteiger charge is 2.44. The Morgan fingerprint density at radius 1 is 0.683 bits per heavy atom. The summed E-state index contributed by atoms with van der Waals surface area (Å²) in [7, 11) is 8.40. The van der Waals surface area contributed by atoms with Crippen molar-refractivity contribution in [2.24, 2.45) is 47.2 Å². The number of hydrogen-bond acceptors (Lipinski definition) is 14. The molecule has 23 nitrogen and oxygen atoms in total. The molecule has 3 aromatic carbocycles. The van der Waals surface area contributed by atoms with Crippen molar-refractivity contribution in [3.8, 4) is 5.75 Å². The van der Waals surface area contributed by atoms with Gasteiger partial charge in [0.05, 0.1) is 48.4 Å². The summed E-state index contributed by atoms with van der Waals surface area (Å²) >= 11 is 0. The molecule has 0 bridgehead atoms. The number of nitrogens with zero attached hydrogens (tertiary/aromatic N) is 4. The number of rotatable bonds is 41. The van der Waals surface area contributed by atoms with Gasteiger partial charge in [-0.1, -0.05) is 111 Å². The van der Waals surface area contributed by atoms with Crippen LogP contribution in [0.3, 0.4) is 0 Å². The highest BCUT2D eigenvalue weighted by atomic mass is 19.2. The lowest BCUT2D eigenvalue weighted by molar-refractivity contribution is -0.697. The van der Waals surface area contributed by atoms with E-state index in [1.807, 2.05) is 90.9 Å². The molecule has 1 aliphatic rings. The van der Waals surface area contributed by atoms with Gasteiger partial charge in [-0.2, -0.15) is 4.39 Å². The third-order valence-electron chi connectivity index (χ3n) is 19.6. The van der Waals surface area contributed by atoms with Gasteiger partial charge in [-0.3, -0.25) is 43.3 Å². The van der Waals surface area contributed by atoms with Crippen molar-refractivity contribution < 1.29 is 84.3 Å².